The van der Waals surface area contributed by atoms with E-state index in [4.69, 9.17) is 0 Å². The molecule has 0 aromatic heterocycles. The van der Waals surface area contributed by atoms with Crippen LogP contribution in [-0.2, 0) is 0 Å². The quantitative estimate of drug-likeness (QED) is 0.727. The second kappa shape index (κ2) is 6.49. The molecule has 0 aromatic carbocycles. The Morgan fingerprint density at radius 2 is 2.13 bits per heavy atom. The Morgan fingerprint density at radius 1 is 1.40 bits per heavy atom. The third kappa shape index (κ3) is 4.12. The van der Waals surface area contributed by atoms with Crippen LogP contribution in [0.2, 0.25) is 0 Å². The first kappa shape index (κ1) is 13.0. The minimum atomic E-state index is 0.695. The van der Waals surface area contributed by atoms with Crippen molar-refractivity contribution in [3.8, 4) is 0 Å². The molecule has 1 saturated heterocycles. The van der Waals surface area contributed by atoms with Gasteiger partial charge < -0.3 is 10.2 Å². The summed E-state index contributed by atoms with van der Waals surface area (Å²) in [7, 11) is 2.09. The van der Waals surface area contributed by atoms with Crippen LogP contribution in [0.4, 0.5) is 0 Å². The normalized spacial score (nSPS) is 25.0. The lowest BCUT2D eigenvalue weighted by molar-refractivity contribution is 0.267. The van der Waals surface area contributed by atoms with E-state index in [-0.39, 0.29) is 0 Å². The SMILES string of the molecule is CCCC(CN1CCC(C(C)C)C1)NC. The summed E-state index contributed by atoms with van der Waals surface area (Å²) in [5.74, 6) is 1.79. The van der Waals surface area contributed by atoms with Crippen LogP contribution in [0.1, 0.15) is 40.0 Å². The highest BCUT2D eigenvalue weighted by Gasteiger charge is 2.25. The standard InChI is InChI=1S/C13H28N2/c1-5-6-13(14-4)10-15-8-7-12(9-15)11(2)3/h11-14H,5-10H2,1-4H3. The van der Waals surface area contributed by atoms with E-state index < -0.39 is 0 Å². The number of likely N-dealkylation sites (N-methyl/N-ethyl adjacent to an activating group) is 1. The van der Waals surface area contributed by atoms with Crippen LogP contribution in [0.5, 0.6) is 0 Å². The minimum absolute atomic E-state index is 0.695. The molecule has 0 amide bonds. The molecule has 1 N–H and O–H groups in total. The number of nitrogens with one attached hydrogen (secondary N) is 1. The lowest BCUT2D eigenvalue weighted by Crippen LogP contribution is -2.38. The first-order chi connectivity index (χ1) is 7.17. The number of rotatable bonds is 6. The van der Waals surface area contributed by atoms with E-state index in [0.717, 1.165) is 11.8 Å². The van der Waals surface area contributed by atoms with Crippen molar-refractivity contribution < 1.29 is 0 Å². The van der Waals surface area contributed by atoms with E-state index in [2.05, 4.69) is 38.0 Å². The summed E-state index contributed by atoms with van der Waals surface area (Å²) in [6.07, 6.45) is 3.99. The third-order valence-electron chi connectivity index (χ3n) is 3.78. The van der Waals surface area contributed by atoms with Gasteiger partial charge in [-0.25, -0.2) is 0 Å². The zero-order valence-corrected chi connectivity index (χ0v) is 10.9. The average molecular weight is 212 g/mol. The molecule has 2 unspecified atom stereocenters. The Labute approximate surface area is 95.4 Å². The molecular formula is C13H28N2. The Morgan fingerprint density at radius 3 is 2.60 bits per heavy atom. The molecule has 1 heterocycles. The van der Waals surface area contributed by atoms with Gasteiger partial charge in [0, 0.05) is 19.1 Å². The van der Waals surface area contributed by atoms with Gasteiger partial charge in [-0.1, -0.05) is 27.2 Å². The van der Waals surface area contributed by atoms with Crippen molar-refractivity contribution in [3.63, 3.8) is 0 Å². The largest absolute Gasteiger partial charge is 0.316 e. The van der Waals surface area contributed by atoms with Crippen LogP contribution in [0.25, 0.3) is 0 Å². The van der Waals surface area contributed by atoms with Gasteiger partial charge >= 0.3 is 0 Å². The van der Waals surface area contributed by atoms with Crippen LogP contribution in [-0.4, -0.2) is 37.6 Å². The molecule has 0 spiro atoms. The number of hydrogen-bond acceptors (Lipinski definition) is 2. The molecule has 1 fully saturated rings. The Hall–Kier alpha value is -0.0800. The molecule has 0 saturated carbocycles. The smallest absolute Gasteiger partial charge is 0.0191 e. The van der Waals surface area contributed by atoms with Crippen molar-refractivity contribution in [2.45, 2.75) is 46.1 Å². The summed E-state index contributed by atoms with van der Waals surface area (Å²) in [6, 6.07) is 0.695. The maximum atomic E-state index is 3.43. The molecular weight excluding hydrogens is 184 g/mol. The zero-order chi connectivity index (χ0) is 11.3. The summed E-state index contributed by atoms with van der Waals surface area (Å²) in [6.45, 7) is 10.9. The summed E-state index contributed by atoms with van der Waals surface area (Å²) in [5.41, 5.74) is 0. The van der Waals surface area contributed by atoms with Gasteiger partial charge in [-0.05, 0) is 38.3 Å². The first-order valence-corrected chi connectivity index (χ1v) is 6.57. The van der Waals surface area contributed by atoms with Gasteiger partial charge in [-0.15, -0.1) is 0 Å². The Balaban J connectivity index is 2.27. The minimum Gasteiger partial charge on any atom is -0.316 e. The number of hydrogen-bond donors (Lipinski definition) is 1. The van der Waals surface area contributed by atoms with E-state index in [1.165, 1.54) is 38.9 Å². The fraction of sp³-hybridized carbons (Fsp3) is 1.00. The summed E-state index contributed by atoms with van der Waals surface area (Å²) < 4.78 is 0. The molecule has 90 valence electrons. The van der Waals surface area contributed by atoms with Gasteiger partial charge in [0.2, 0.25) is 0 Å². The van der Waals surface area contributed by atoms with Crippen molar-refractivity contribution in [1.82, 2.24) is 10.2 Å². The lowest BCUT2D eigenvalue weighted by atomic mass is 9.95. The van der Waals surface area contributed by atoms with Crippen LogP contribution in [0, 0.1) is 11.8 Å². The molecule has 1 aliphatic rings. The summed E-state index contributed by atoms with van der Waals surface area (Å²) in [4.78, 5) is 2.64. The van der Waals surface area contributed by atoms with Crippen molar-refractivity contribution >= 4 is 0 Å². The second-order valence-corrected chi connectivity index (χ2v) is 5.33. The van der Waals surface area contributed by atoms with Gasteiger partial charge in [-0.3, -0.25) is 0 Å². The van der Waals surface area contributed by atoms with Gasteiger partial charge in [0.1, 0.15) is 0 Å². The maximum Gasteiger partial charge on any atom is 0.0191 e. The number of nitrogens with zero attached hydrogens (tertiary/aromatic N) is 1. The molecule has 15 heavy (non-hydrogen) atoms. The first-order valence-electron chi connectivity index (χ1n) is 6.57. The fourth-order valence-corrected chi connectivity index (χ4v) is 2.56. The lowest BCUT2D eigenvalue weighted by Gasteiger charge is -2.23. The molecule has 2 heteroatoms. The van der Waals surface area contributed by atoms with E-state index >= 15 is 0 Å². The fourth-order valence-electron chi connectivity index (χ4n) is 2.56. The van der Waals surface area contributed by atoms with E-state index in [1.807, 2.05) is 0 Å². The van der Waals surface area contributed by atoms with Crippen LogP contribution in [0.3, 0.4) is 0 Å². The van der Waals surface area contributed by atoms with Gasteiger partial charge in [0.25, 0.3) is 0 Å². The van der Waals surface area contributed by atoms with Crippen molar-refractivity contribution in [1.29, 1.82) is 0 Å². The average Bonchev–Trinajstić information content (AvgIpc) is 2.65. The Kier molecular flexibility index (Phi) is 5.62. The zero-order valence-electron chi connectivity index (χ0n) is 10.9. The molecule has 1 aliphatic heterocycles. The van der Waals surface area contributed by atoms with E-state index in [1.54, 1.807) is 0 Å². The van der Waals surface area contributed by atoms with E-state index in [9.17, 15) is 0 Å². The van der Waals surface area contributed by atoms with E-state index in [0.29, 0.717) is 6.04 Å². The molecule has 0 aromatic rings. The highest BCUT2D eigenvalue weighted by molar-refractivity contribution is 4.80. The van der Waals surface area contributed by atoms with Gasteiger partial charge in [0.15, 0.2) is 0 Å². The highest BCUT2D eigenvalue weighted by atomic mass is 15.2. The summed E-state index contributed by atoms with van der Waals surface area (Å²) >= 11 is 0. The highest BCUT2D eigenvalue weighted by Crippen LogP contribution is 2.23. The van der Waals surface area contributed by atoms with Crippen LogP contribution < -0.4 is 5.32 Å². The van der Waals surface area contributed by atoms with Crippen molar-refractivity contribution in [2.75, 3.05) is 26.7 Å². The predicted molar refractivity (Wildman–Crippen MR) is 67.1 cm³/mol. The van der Waals surface area contributed by atoms with Crippen molar-refractivity contribution in [3.05, 3.63) is 0 Å². The molecule has 0 radical (unpaired) electrons. The molecule has 1 rings (SSSR count). The van der Waals surface area contributed by atoms with Gasteiger partial charge in [0.05, 0.1) is 0 Å². The Bertz CT molecular complexity index is 168. The van der Waals surface area contributed by atoms with Crippen molar-refractivity contribution in [2.24, 2.45) is 11.8 Å². The summed E-state index contributed by atoms with van der Waals surface area (Å²) in [5, 5.41) is 3.43. The topological polar surface area (TPSA) is 15.3 Å². The molecule has 0 aliphatic carbocycles. The van der Waals surface area contributed by atoms with Gasteiger partial charge in [-0.2, -0.15) is 0 Å². The van der Waals surface area contributed by atoms with Crippen LogP contribution in [0.15, 0.2) is 0 Å². The van der Waals surface area contributed by atoms with Crippen LogP contribution >= 0.6 is 0 Å². The third-order valence-corrected chi connectivity index (χ3v) is 3.78. The maximum absolute atomic E-state index is 3.43. The predicted octanol–water partition coefficient (Wildman–Crippen LogP) is 2.35. The monoisotopic (exact) mass is 212 g/mol. The second-order valence-electron chi connectivity index (χ2n) is 5.33. The number of likely N-dealkylation sites (tertiary alicyclic amines) is 1. The molecule has 2 atom stereocenters. The molecule has 2 nitrogen and oxygen atoms in total. The molecule has 0 bridgehead atoms.